The number of carbonyl (C=O) groups excluding carboxylic acids is 1. The van der Waals surface area contributed by atoms with Gasteiger partial charge < -0.3 is 14.4 Å². The maximum absolute atomic E-state index is 12.4. The summed E-state index contributed by atoms with van der Waals surface area (Å²) in [4.78, 5) is 27.4. The molecule has 1 fully saturated rings. The minimum Gasteiger partial charge on any atom is -0.481 e. The number of carbonyl (C=O) groups is 2. The lowest BCUT2D eigenvalue weighted by atomic mass is 9.99. The first-order chi connectivity index (χ1) is 12.1. The van der Waals surface area contributed by atoms with Gasteiger partial charge in [-0.3, -0.25) is 14.5 Å². The Morgan fingerprint density at radius 3 is 2.36 bits per heavy atom. The van der Waals surface area contributed by atoms with Gasteiger partial charge in [0.15, 0.2) is 5.76 Å². The molecular weight excluding hydrogens is 320 g/mol. The zero-order chi connectivity index (χ0) is 17.6. The van der Waals surface area contributed by atoms with Crippen LogP contribution in [0.2, 0.25) is 0 Å². The van der Waals surface area contributed by atoms with Crippen LogP contribution >= 0.6 is 0 Å². The highest BCUT2D eigenvalue weighted by atomic mass is 16.4. The second-order valence-electron chi connectivity index (χ2n) is 6.16. The van der Waals surface area contributed by atoms with E-state index in [4.69, 9.17) is 9.52 Å². The van der Waals surface area contributed by atoms with Crippen LogP contribution in [0.1, 0.15) is 35.0 Å². The maximum Gasteiger partial charge on any atom is 0.303 e. The first-order valence-electron chi connectivity index (χ1n) is 8.48. The lowest BCUT2D eigenvalue weighted by Gasteiger charge is -2.39. The number of hydrogen-bond donors (Lipinski definition) is 1. The molecule has 1 aromatic heterocycles. The Morgan fingerprint density at radius 1 is 1.04 bits per heavy atom. The van der Waals surface area contributed by atoms with Crippen LogP contribution in [-0.4, -0.2) is 53.0 Å². The molecule has 1 saturated heterocycles. The molecule has 0 spiro atoms. The van der Waals surface area contributed by atoms with E-state index in [2.05, 4.69) is 4.90 Å². The molecule has 25 heavy (non-hydrogen) atoms. The average Bonchev–Trinajstić information content (AvgIpc) is 3.17. The largest absolute Gasteiger partial charge is 0.481 e. The van der Waals surface area contributed by atoms with Gasteiger partial charge in [0, 0.05) is 38.6 Å². The average molecular weight is 342 g/mol. The Balaban J connectivity index is 1.65. The number of piperazine rings is 1. The van der Waals surface area contributed by atoms with Gasteiger partial charge in [-0.15, -0.1) is 0 Å². The van der Waals surface area contributed by atoms with E-state index in [0.29, 0.717) is 38.4 Å². The van der Waals surface area contributed by atoms with E-state index in [-0.39, 0.29) is 18.4 Å². The molecule has 1 aliphatic heterocycles. The van der Waals surface area contributed by atoms with Gasteiger partial charge in [-0.25, -0.2) is 0 Å². The minimum atomic E-state index is -0.785. The van der Waals surface area contributed by atoms with Crippen LogP contribution < -0.4 is 0 Å². The molecule has 0 saturated carbocycles. The van der Waals surface area contributed by atoms with E-state index >= 15 is 0 Å². The van der Waals surface area contributed by atoms with Crippen molar-refractivity contribution in [2.75, 3.05) is 26.2 Å². The molecule has 0 unspecified atom stereocenters. The highest BCUT2D eigenvalue weighted by Gasteiger charge is 2.28. The van der Waals surface area contributed by atoms with Crippen molar-refractivity contribution >= 4 is 11.9 Å². The third kappa shape index (κ3) is 4.28. The first-order valence-corrected chi connectivity index (χ1v) is 8.48. The van der Waals surface area contributed by atoms with Gasteiger partial charge in [0.05, 0.1) is 6.26 Å². The Morgan fingerprint density at radius 2 is 1.76 bits per heavy atom. The van der Waals surface area contributed by atoms with Crippen molar-refractivity contribution in [3.05, 3.63) is 60.1 Å². The zero-order valence-electron chi connectivity index (χ0n) is 14.0. The quantitative estimate of drug-likeness (QED) is 0.873. The van der Waals surface area contributed by atoms with Gasteiger partial charge in [0.1, 0.15) is 0 Å². The number of carboxylic acid groups (broad SMARTS) is 1. The fourth-order valence-electron chi connectivity index (χ4n) is 3.29. The summed E-state index contributed by atoms with van der Waals surface area (Å²) < 4.78 is 5.19. The van der Waals surface area contributed by atoms with Gasteiger partial charge in [0.2, 0.25) is 0 Å². The Hall–Kier alpha value is -2.60. The summed E-state index contributed by atoms with van der Waals surface area (Å²) in [6.07, 6.45) is 2.19. The van der Waals surface area contributed by atoms with Crippen LogP contribution in [0, 0.1) is 0 Å². The van der Waals surface area contributed by atoms with Gasteiger partial charge in [-0.05, 0) is 24.1 Å². The van der Waals surface area contributed by atoms with Gasteiger partial charge >= 0.3 is 5.97 Å². The van der Waals surface area contributed by atoms with Crippen LogP contribution in [0.15, 0.2) is 53.1 Å². The molecule has 132 valence electrons. The van der Waals surface area contributed by atoms with Crippen molar-refractivity contribution in [2.45, 2.75) is 18.9 Å². The molecule has 2 heterocycles. The summed E-state index contributed by atoms with van der Waals surface area (Å²) in [5.74, 6) is -0.516. The molecule has 1 aliphatic rings. The lowest BCUT2D eigenvalue weighted by Crippen LogP contribution is -2.49. The second kappa shape index (κ2) is 7.98. The van der Waals surface area contributed by atoms with E-state index in [0.717, 1.165) is 5.56 Å². The predicted molar refractivity (Wildman–Crippen MR) is 92.2 cm³/mol. The summed E-state index contributed by atoms with van der Waals surface area (Å²) in [5, 5.41) is 9.05. The monoisotopic (exact) mass is 342 g/mol. The number of nitrogens with zero attached hydrogens (tertiary/aromatic N) is 2. The van der Waals surface area contributed by atoms with Crippen LogP contribution in [0.5, 0.6) is 0 Å². The van der Waals surface area contributed by atoms with Crippen molar-refractivity contribution in [3.63, 3.8) is 0 Å². The predicted octanol–water partition coefficient (Wildman–Crippen LogP) is 2.64. The minimum absolute atomic E-state index is 0.0539. The summed E-state index contributed by atoms with van der Waals surface area (Å²) in [6, 6.07) is 13.4. The number of amides is 1. The van der Waals surface area contributed by atoms with Crippen molar-refractivity contribution < 1.29 is 19.1 Å². The number of benzene rings is 1. The molecule has 1 amide bonds. The number of aliphatic carboxylic acids is 1. The van der Waals surface area contributed by atoms with E-state index in [1.807, 2.05) is 30.3 Å². The Labute approximate surface area is 146 Å². The first kappa shape index (κ1) is 17.2. The van der Waals surface area contributed by atoms with Crippen LogP contribution in [-0.2, 0) is 4.79 Å². The number of carboxylic acids is 1. The molecular formula is C19H22N2O4. The zero-order valence-corrected chi connectivity index (χ0v) is 14.0. The lowest BCUT2D eigenvalue weighted by molar-refractivity contribution is -0.137. The number of furan rings is 1. The van der Waals surface area contributed by atoms with Crippen molar-refractivity contribution in [1.29, 1.82) is 0 Å². The van der Waals surface area contributed by atoms with E-state index < -0.39 is 5.97 Å². The van der Waals surface area contributed by atoms with Gasteiger partial charge in [-0.2, -0.15) is 0 Å². The summed E-state index contributed by atoms with van der Waals surface area (Å²) in [7, 11) is 0. The third-order valence-electron chi connectivity index (χ3n) is 4.59. The molecule has 6 nitrogen and oxygen atoms in total. The third-order valence-corrected chi connectivity index (χ3v) is 4.59. The summed E-state index contributed by atoms with van der Waals surface area (Å²) in [5.41, 5.74) is 1.12. The number of hydrogen-bond acceptors (Lipinski definition) is 4. The molecule has 2 aromatic rings. The Bertz CT molecular complexity index is 691. The van der Waals surface area contributed by atoms with E-state index in [1.54, 1.807) is 17.0 Å². The molecule has 3 rings (SSSR count). The standard InChI is InChI=1S/C19H22N2O4/c22-18(23)9-8-16(15-5-2-1-3-6-15)20-10-12-21(13-11-20)19(24)17-7-4-14-25-17/h1-7,14,16H,8-13H2,(H,22,23)/t16-/m0/s1. The van der Waals surface area contributed by atoms with Crippen LogP contribution in [0.25, 0.3) is 0 Å². The molecule has 6 heteroatoms. The fraction of sp³-hybridized carbons (Fsp3) is 0.368. The van der Waals surface area contributed by atoms with E-state index in [1.165, 1.54) is 6.26 Å². The topological polar surface area (TPSA) is 74.0 Å². The number of rotatable bonds is 6. The molecule has 0 bridgehead atoms. The highest BCUT2D eigenvalue weighted by Crippen LogP contribution is 2.27. The van der Waals surface area contributed by atoms with Crippen molar-refractivity contribution in [3.8, 4) is 0 Å². The van der Waals surface area contributed by atoms with Crippen LogP contribution in [0.3, 0.4) is 0 Å². The molecule has 0 aliphatic carbocycles. The summed E-state index contributed by atoms with van der Waals surface area (Å²) in [6.45, 7) is 2.64. The van der Waals surface area contributed by atoms with Gasteiger partial charge in [0.25, 0.3) is 5.91 Å². The summed E-state index contributed by atoms with van der Waals surface area (Å²) >= 11 is 0. The van der Waals surface area contributed by atoms with E-state index in [9.17, 15) is 9.59 Å². The normalized spacial score (nSPS) is 16.6. The maximum atomic E-state index is 12.4. The highest BCUT2D eigenvalue weighted by molar-refractivity contribution is 5.91. The fourth-order valence-corrected chi connectivity index (χ4v) is 3.29. The molecule has 1 aromatic carbocycles. The van der Waals surface area contributed by atoms with Crippen LogP contribution in [0.4, 0.5) is 0 Å². The van der Waals surface area contributed by atoms with Gasteiger partial charge in [-0.1, -0.05) is 30.3 Å². The second-order valence-corrected chi connectivity index (χ2v) is 6.16. The molecule has 0 radical (unpaired) electrons. The smallest absolute Gasteiger partial charge is 0.303 e. The molecule has 1 atom stereocenters. The SMILES string of the molecule is O=C(O)CC[C@@H](c1ccccc1)N1CCN(C(=O)c2ccco2)CC1. The van der Waals surface area contributed by atoms with Crippen molar-refractivity contribution in [1.82, 2.24) is 9.80 Å². The van der Waals surface area contributed by atoms with Crippen molar-refractivity contribution in [2.24, 2.45) is 0 Å². The molecule has 1 N–H and O–H groups in total. The Kier molecular flexibility index (Phi) is 5.50.